The molecule has 0 aliphatic carbocycles. The maximum absolute atomic E-state index is 6.35. The van der Waals surface area contributed by atoms with Crippen LogP contribution in [0, 0.1) is 6.92 Å². The van der Waals surface area contributed by atoms with Gasteiger partial charge in [-0.2, -0.15) is 0 Å². The number of aryl methyl sites for hydroxylation is 1. The number of nitrogens with zero attached hydrogens (tertiary/aromatic N) is 1. The molecule has 0 radical (unpaired) electrons. The van der Waals surface area contributed by atoms with E-state index in [9.17, 15) is 0 Å². The van der Waals surface area contributed by atoms with Crippen LogP contribution in [-0.4, -0.2) is 0 Å². The molecule has 0 bridgehead atoms. The predicted molar refractivity (Wildman–Crippen MR) is 165 cm³/mol. The zero-order valence-electron chi connectivity index (χ0n) is 21.4. The predicted octanol–water partition coefficient (Wildman–Crippen LogP) is 10.8. The van der Waals surface area contributed by atoms with E-state index in [0.717, 1.165) is 27.6 Å². The van der Waals surface area contributed by atoms with Crippen LogP contribution in [0.5, 0.6) is 0 Å². The lowest BCUT2D eigenvalue weighted by Gasteiger charge is -2.36. The van der Waals surface area contributed by atoms with Crippen molar-refractivity contribution in [3.63, 3.8) is 0 Å². The molecule has 2 nitrogen and oxygen atoms in total. The second kappa shape index (κ2) is 7.49. The summed E-state index contributed by atoms with van der Waals surface area (Å²) in [7, 11) is 0. The molecule has 0 amide bonds. The highest BCUT2D eigenvalue weighted by atomic mass is 16.3. The molecule has 7 aromatic carbocycles. The summed E-state index contributed by atoms with van der Waals surface area (Å²) >= 11 is 0. The summed E-state index contributed by atoms with van der Waals surface area (Å²) in [5.41, 5.74) is 9.24. The summed E-state index contributed by atoms with van der Waals surface area (Å²) in [5, 5.41) is 9.95. The Hall–Kier alpha value is -5.08. The van der Waals surface area contributed by atoms with E-state index in [1.54, 1.807) is 0 Å². The first kappa shape index (κ1) is 20.9. The van der Waals surface area contributed by atoms with E-state index in [4.69, 9.17) is 4.42 Å². The molecular formula is C37H23NO. The van der Waals surface area contributed by atoms with E-state index in [0.29, 0.717) is 0 Å². The second-order valence-corrected chi connectivity index (χ2v) is 10.6. The Morgan fingerprint density at radius 2 is 1.21 bits per heavy atom. The number of benzene rings is 7. The van der Waals surface area contributed by atoms with Gasteiger partial charge in [0.1, 0.15) is 11.2 Å². The van der Waals surface area contributed by atoms with Crippen molar-refractivity contribution in [1.29, 1.82) is 0 Å². The van der Waals surface area contributed by atoms with Gasteiger partial charge < -0.3 is 9.32 Å². The van der Waals surface area contributed by atoms with E-state index < -0.39 is 0 Å². The first-order valence-corrected chi connectivity index (χ1v) is 13.4. The van der Waals surface area contributed by atoms with E-state index >= 15 is 0 Å². The van der Waals surface area contributed by atoms with Crippen LogP contribution in [0.25, 0.3) is 65.4 Å². The van der Waals surface area contributed by atoms with Gasteiger partial charge in [-0.15, -0.1) is 0 Å². The van der Waals surface area contributed by atoms with Crippen molar-refractivity contribution >= 4 is 71.3 Å². The molecule has 182 valence electrons. The molecule has 0 N–H and O–H groups in total. The quantitative estimate of drug-likeness (QED) is 0.210. The van der Waals surface area contributed by atoms with Crippen molar-refractivity contribution in [2.75, 3.05) is 4.90 Å². The average molecular weight is 498 g/mol. The topological polar surface area (TPSA) is 16.4 Å². The molecule has 2 heteroatoms. The number of hydrogen-bond acceptors (Lipinski definition) is 2. The standard InChI is InChI=1S/C37H23NO/c1-22-14-15-25-20-24-9-3-5-11-28(24)36-34(25)37(22)38(31-19-16-23-8-2-4-10-27(23)35(31)36)26-17-18-30-29-12-6-7-13-32(29)39-33(30)21-26/h2-21H,1H3. The number of para-hydroxylation sites is 1. The third kappa shape index (κ3) is 2.75. The molecule has 0 saturated heterocycles. The van der Waals surface area contributed by atoms with E-state index in [2.05, 4.69) is 121 Å². The number of fused-ring (bicyclic) bond motifs is 9. The SMILES string of the molecule is Cc1ccc2cc3ccccc3c3c2c1N(c1ccc2c(c1)oc1ccccc12)c1ccc2ccccc2c1-3. The lowest BCUT2D eigenvalue weighted by molar-refractivity contribution is 0.669. The normalized spacial score (nSPS) is 12.7. The van der Waals surface area contributed by atoms with Gasteiger partial charge in [0.25, 0.3) is 0 Å². The van der Waals surface area contributed by atoms with Crippen LogP contribution in [-0.2, 0) is 0 Å². The van der Waals surface area contributed by atoms with Gasteiger partial charge in [-0.1, -0.05) is 84.9 Å². The molecule has 1 aliphatic rings. The van der Waals surface area contributed by atoms with E-state index in [1.165, 1.54) is 60.4 Å². The molecule has 0 atom stereocenters. The highest BCUT2D eigenvalue weighted by molar-refractivity contribution is 6.26. The first-order valence-electron chi connectivity index (χ1n) is 13.4. The van der Waals surface area contributed by atoms with E-state index in [-0.39, 0.29) is 0 Å². The fourth-order valence-electron chi connectivity index (χ4n) is 6.75. The maximum atomic E-state index is 6.35. The summed E-state index contributed by atoms with van der Waals surface area (Å²) in [4.78, 5) is 2.45. The molecule has 2 heterocycles. The Bertz CT molecular complexity index is 2310. The molecular weight excluding hydrogens is 474 g/mol. The highest BCUT2D eigenvalue weighted by Gasteiger charge is 2.30. The summed E-state index contributed by atoms with van der Waals surface area (Å²) in [5.74, 6) is 0. The lowest BCUT2D eigenvalue weighted by Crippen LogP contribution is -2.16. The van der Waals surface area contributed by atoms with Gasteiger partial charge in [-0.05, 0) is 69.8 Å². The van der Waals surface area contributed by atoms with Crippen LogP contribution in [0.2, 0.25) is 0 Å². The fraction of sp³-hybridized carbons (Fsp3) is 0.0270. The summed E-state index contributed by atoms with van der Waals surface area (Å²) in [6.45, 7) is 2.23. The van der Waals surface area contributed by atoms with Gasteiger partial charge in [-0.25, -0.2) is 0 Å². The fourth-order valence-corrected chi connectivity index (χ4v) is 6.75. The minimum Gasteiger partial charge on any atom is -0.456 e. The van der Waals surface area contributed by atoms with Gasteiger partial charge in [0.2, 0.25) is 0 Å². The van der Waals surface area contributed by atoms with Crippen molar-refractivity contribution in [2.24, 2.45) is 0 Å². The van der Waals surface area contributed by atoms with Crippen molar-refractivity contribution in [2.45, 2.75) is 6.92 Å². The second-order valence-electron chi connectivity index (χ2n) is 10.6. The molecule has 39 heavy (non-hydrogen) atoms. The Labute approximate surface area is 225 Å². The molecule has 0 spiro atoms. The molecule has 0 fully saturated rings. The van der Waals surface area contributed by atoms with Crippen molar-refractivity contribution in [3.8, 4) is 11.1 Å². The van der Waals surface area contributed by atoms with Crippen molar-refractivity contribution in [1.82, 2.24) is 0 Å². The molecule has 9 rings (SSSR count). The molecule has 1 aliphatic heterocycles. The van der Waals surface area contributed by atoms with Crippen molar-refractivity contribution in [3.05, 3.63) is 127 Å². The smallest absolute Gasteiger partial charge is 0.137 e. The Balaban J connectivity index is 1.47. The van der Waals surface area contributed by atoms with Crippen molar-refractivity contribution < 1.29 is 4.42 Å². The van der Waals surface area contributed by atoms with Crippen LogP contribution in [0.15, 0.2) is 126 Å². The minimum atomic E-state index is 0.908. The first-order chi connectivity index (χ1) is 19.3. The molecule has 0 unspecified atom stereocenters. The van der Waals surface area contributed by atoms with Crippen LogP contribution in [0.4, 0.5) is 17.1 Å². The molecule has 0 saturated carbocycles. The van der Waals surface area contributed by atoms with Crippen LogP contribution in [0.3, 0.4) is 0 Å². The van der Waals surface area contributed by atoms with Crippen LogP contribution < -0.4 is 4.90 Å². The van der Waals surface area contributed by atoms with Gasteiger partial charge >= 0.3 is 0 Å². The zero-order chi connectivity index (χ0) is 25.7. The van der Waals surface area contributed by atoms with Gasteiger partial charge in [0, 0.05) is 39.0 Å². The number of furan rings is 1. The largest absolute Gasteiger partial charge is 0.456 e. The highest BCUT2D eigenvalue weighted by Crippen LogP contribution is 2.56. The number of hydrogen-bond donors (Lipinski definition) is 0. The summed E-state index contributed by atoms with van der Waals surface area (Å²) in [6, 6.07) is 43.9. The van der Waals surface area contributed by atoms with Crippen LogP contribution in [0.1, 0.15) is 5.56 Å². The van der Waals surface area contributed by atoms with Gasteiger partial charge in [-0.3, -0.25) is 0 Å². The zero-order valence-corrected chi connectivity index (χ0v) is 21.4. The lowest BCUT2D eigenvalue weighted by atomic mass is 9.83. The summed E-state index contributed by atoms with van der Waals surface area (Å²) < 4.78 is 6.35. The van der Waals surface area contributed by atoms with E-state index in [1.807, 2.05) is 12.1 Å². The summed E-state index contributed by atoms with van der Waals surface area (Å²) in [6.07, 6.45) is 0. The Kier molecular flexibility index (Phi) is 4.02. The van der Waals surface area contributed by atoms with Crippen LogP contribution >= 0.6 is 0 Å². The number of rotatable bonds is 1. The number of anilines is 3. The average Bonchev–Trinajstić information content (AvgIpc) is 3.36. The molecule has 8 aromatic rings. The van der Waals surface area contributed by atoms with Gasteiger partial charge in [0.05, 0.1) is 11.4 Å². The Morgan fingerprint density at radius 3 is 2.08 bits per heavy atom. The molecule has 1 aromatic heterocycles. The minimum absolute atomic E-state index is 0.908. The maximum Gasteiger partial charge on any atom is 0.137 e. The third-order valence-corrected chi connectivity index (χ3v) is 8.45. The van der Waals surface area contributed by atoms with Gasteiger partial charge in [0.15, 0.2) is 0 Å². The Morgan fingerprint density at radius 1 is 0.513 bits per heavy atom. The monoisotopic (exact) mass is 497 g/mol. The third-order valence-electron chi connectivity index (χ3n) is 8.45.